The van der Waals surface area contributed by atoms with Crippen molar-refractivity contribution < 1.29 is 4.52 Å². The predicted octanol–water partition coefficient (Wildman–Crippen LogP) is 22.9. The summed E-state index contributed by atoms with van der Waals surface area (Å²) in [6.07, 6.45) is 29.8. The molecule has 5 aromatic carbocycles. The molecule has 0 spiro atoms. The van der Waals surface area contributed by atoms with Crippen LogP contribution >= 0.6 is 0 Å². The van der Waals surface area contributed by atoms with Gasteiger partial charge in [-0.3, -0.25) is 35.0 Å². The van der Waals surface area contributed by atoms with Gasteiger partial charge in [0.05, 0.1) is 68.9 Å². The topological polar surface area (TPSA) is 214 Å². The van der Waals surface area contributed by atoms with E-state index in [1.54, 1.807) is 31.1 Å². The van der Waals surface area contributed by atoms with Crippen LogP contribution in [-0.2, 0) is 0 Å². The van der Waals surface area contributed by atoms with Crippen LogP contribution in [0.2, 0.25) is 0 Å². The fourth-order valence-electron chi connectivity index (χ4n) is 12.2. The first-order valence-corrected chi connectivity index (χ1v) is 38.6. The molecule has 22 rings (SSSR count). The second-order valence-electron chi connectivity index (χ2n) is 27.3. The van der Waals surface area contributed by atoms with Gasteiger partial charge in [-0.15, -0.1) is 0 Å². The number of aromatic amines is 1. The lowest BCUT2D eigenvalue weighted by molar-refractivity contribution is 0.450. The summed E-state index contributed by atoms with van der Waals surface area (Å²) in [5.41, 5.74) is 21.0. The molecule has 588 valence electrons. The van der Waals surface area contributed by atoms with Crippen molar-refractivity contribution in [3.05, 3.63) is 428 Å². The summed E-state index contributed by atoms with van der Waals surface area (Å²) in [5.74, 6) is 1.04. The van der Waals surface area contributed by atoms with Crippen LogP contribution in [0.5, 0.6) is 0 Å². The lowest BCUT2D eigenvalue weighted by Crippen LogP contribution is -1.85. The summed E-state index contributed by atoms with van der Waals surface area (Å²) < 4.78 is 13.1. The van der Waals surface area contributed by atoms with E-state index in [-0.39, 0.29) is 0 Å². The van der Waals surface area contributed by atoms with Crippen molar-refractivity contribution in [3.8, 4) is 0 Å². The molecule has 0 aliphatic rings. The second-order valence-corrected chi connectivity index (χ2v) is 27.3. The monoisotopic (exact) mass is 1550 g/mol. The number of pyridine rings is 10. The van der Waals surface area contributed by atoms with E-state index < -0.39 is 0 Å². The molecule has 0 amide bonds. The number of rotatable bonds is 0. The zero-order valence-electron chi connectivity index (χ0n) is 68.6. The van der Waals surface area contributed by atoms with Gasteiger partial charge in [-0.1, -0.05) is 145 Å². The molecule has 0 bridgehead atoms. The Balaban J connectivity index is 0.000000126. The third-order valence-corrected chi connectivity index (χ3v) is 18.7. The predicted molar refractivity (Wildman–Crippen MR) is 481 cm³/mol. The Kier molecular flexibility index (Phi) is 30.7. The van der Waals surface area contributed by atoms with E-state index in [9.17, 15) is 0 Å². The number of nitrogens with zero attached hydrogens (tertiary/aromatic N) is 17. The Morgan fingerprint density at radius 1 is 0.331 bits per heavy atom. The second kappa shape index (κ2) is 43.2. The number of hydrogen-bond donors (Lipinski definition) is 1. The summed E-state index contributed by atoms with van der Waals surface area (Å²) in [6, 6.07) is 86.8. The quantitative estimate of drug-likeness (QED) is 0.150. The zero-order valence-corrected chi connectivity index (χ0v) is 68.6. The van der Waals surface area contributed by atoms with Crippen LogP contribution in [0.15, 0.2) is 365 Å². The minimum absolute atomic E-state index is 0.861. The van der Waals surface area contributed by atoms with Crippen LogP contribution in [0.4, 0.5) is 0 Å². The highest BCUT2D eigenvalue weighted by molar-refractivity contribution is 5.86. The van der Waals surface area contributed by atoms with Crippen LogP contribution in [-0.4, -0.2) is 88.0 Å². The number of para-hydroxylation sites is 3. The average molecular weight is 1550 g/mol. The van der Waals surface area contributed by atoms with Gasteiger partial charge in [0.2, 0.25) is 0 Å². The zero-order chi connectivity index (χ0) is 82.8. The Morgan fingerprint density at radius 2 is 0.949 bits per heavy atom. The smallest absolute Gasteiger partial charge is 0.167 e. The molecule has 19 nitrogen and oxygen atoms in total. The van der Waals surface area contributed by atoms with Gasteiger partial charge in [0.1, 0.15) is 12.2 Å². The molecule has 0 saturated heterocycles. The Morgan fingerprint density at radius 3 is 1.61 bits per heavy atom. The third-order valence-electron chi connectivity index (χ3n) is 18.7. The van der Waals surface area contributed by atoms with E-state index in [2.05, 4.69) is 179 Å². The largest absolute Gasteiger partial charge is 0.356 e. The highest BCUT2D eigenvalue weighted by Crippen LogP contribution is 2.20. The summed E-state index contributed by atoms with van der Waals surface area (Å²) in [4.78, 5) is 41.1. The first kappa shape index (κ1) is 83.8. The Hall–Kier alpha value is -15.1. The molecule has 0 saturated carbocycles. The first-order chi connectivity index (χ1) is 57.6. The SMILES string of the molecule is Cc1[nH]nc2ccccc12.Cc1ccc2ccccn12.Cc1ccccn1.Cc1cccnc1.Cc1cncc2ccccc12.Cc1cnn2ccccc12.Cc1ncc2ccccn12.Cc1nccc2ccccc12.Cc1nccc2cccnc12.Cc1ncn2ccccc12.Cc1ncnc2ccccc12.Cc1noc2ccccc12. The fraction of sp³-hybridized carbons (Fsp3) is 0.121. The number of imidazole rings is 2. The van der Waals surface area contributed by atoms with Gasteiger partial charge in [0.15, 0.2) is 5.58 Å². The molecule has 0 radical (unpaired) electrons. The highest BCUT2D eigenvalue weighted by atomic mass is 16.5. The third kappa shape index (κ3) is 24.0. The number of nitrogens with one attached hydrogen (secondary N) is 1. The fourth-order valence-corrected chi connectivity index (χ4v) is 12.2. The van der Waals surface area contributed by atoms with Crippen molar-refractivity contribution in [1.82, 2.24) is 88.0 Å². The van der Waals surface area contributed by atoms with E-state index in [1.165, 1.54) is 65.9 Å². The summed E-state index contributed by atoms with van der Waals surface area (Å²) in [7, 11) is 0. The molecule has 0 unspecified atom stereocenters. The Labute approximate surface area is 687 Å². The van der Waals surface area contributed by atoms with Crippen molar-refractivity contribution in [1.29, 1.82) is 0 Å². The van der Waals surface area contributed by atoms with Gasteiger partial charge < -0.3 is 17.7 Å². The van der Waals surface area contributed by atoms with E-state index in [1.807, 2.05) is 321 Å². The lowest BCUT2D eigenvalue weighted by Gasteiger charge is -1.98. The van der Waals surface area contributed by atoms with Crippen molar-refractivity contribution in [2.45, 2.75) is 83.1 Å². The minimum atomic E-state index is 0.861. The van der Waals surface area contributed by atoms with E-state index in [0.29, 0.717) is 0 Å². The van der Waals surface area contributed by atoms with Gasteiger partial charge >= 0.3 is 0 Å². The van der Waals surface area contributed by atoms with Crippen molar-refractivity contribution in [3.63, 3.8) is 0 Å². The first-order valence-electron chi connectivity index (χ1n) is 38.6. The molecule has 1 N–H and O–H groups in total. The molecule has 17 aromatic heterocycles. The van der Waals surface area contributed by atoms with E-state index in [0.717, 1.165) is 89.5 Å². The normalized spacial score (nSPS) is 10.2. The van der Waals surface area contributed by atoms with Crippen LogP contribution in [0.3, 0.4) is 0 Å². The molecule has 17 heterocycles. The molecule has 0 aliphatic carbocycles. The van der Waals surface area contributed by atoms with Crippen LogP contribution in [0.1, 0.15) is 68.1 Å². The standard InChI is InChI=1S/2C10H9N.2C9H8N2.C9H9N.4C8H8N2.C8H7NO.2C6H7N/c1-8-6-11-7-9-4-2-3-5-10(8)9;1-8-10-5-3-2-4-9(10)6-7-11-8;1-7-9-8(4-6-10-7)3-2-5-11-9;1-7-8-4-2-3-5-9(8)11-6-10-7;1-8-5-6-9-4-2-3-7-10(8)9;1-7-8-4-2-3-5-10(8)6-9-7;1-7-9-6-8-4-2-3-5-10(7)8;1-7-6-9-10-5-3-2-4-8(7)10;2*1-6-7-4-2-3-5-8(7)10-9-6;1-6-3-2-4-7-5-6;1-6-4-2-3-5-7-6/h2*2-7H,1H3;2*2-6H,1H3;2-7H,1H3;3*2-6H,1H3;2-5H,1H3,(H,9,10);2-5H,1H3;2*2-5H,1H3. The van der Waals surface area contributed by atoms with Crippen LogP contribution < -0.4 is 0 Å². The van der Waals surface area contributed by atoms with E-state index >= 15 is 0 Å². The van der Waals surface area contributed by atoms with E-state index in [4.69, 9.17) is 4.52 Å². The molecule has 0 atom stereocenters. The number of hydrogen-bond acceptors (Lipinski definition) is 14. The van der Waals surface area contributed by atoms with Gasteiger partial charge in [-0.2, -0.15) is 10.2 Å². The van der Waals surface area contributed by atoms with Gasteiger partial charge in [0, 0.05) is 141 Å². The average Bonchev–Trinajstić information content (AvgIpc) is 1.80. The lowest BCUT2D eigenvalue weighted by atomic mass is 10.1. The molecular formula is C99H96N18O. The van der Waals surface area contributed by atoms with Crippen molar-refractivity contribution >= 4 is 87.3 Å². The summed E-state index contributed by atoms with van der Waals surface area (Å²) >= 11 is 0. The number of aryl methyl sites for hydroxylation is 12. The maximum absolute atomic E-state index is 5.00. The maximum atomic E-state index is 5.00. The van der Waals surface area contributed by atoms with Crippen molar-refractivity contribution in [2.75, 3.05) is 0 Å². The number of aromatic nitrogens is 18. The summed E-state index contributed by atoms with van der Waals surface area (Å²) in [6.45, 7) is 24.2. The van der Waals surface area contributed by atoms with Crippen LogP contribution in [0, 0.1) is 83.1 Å². The minimum Gasteiger partial charge on any atom is -0.356 e. The van der Waals surface area contributed by atoms with Crippen LogP contribution in [0.25, 0.3) is 87.3 Å². The Bertz CT molecular complexity index is 5860. The number of H-pyrrole nitrogens is 1. The molecular weight excluding hydrogens is 1460 g/mol. The van der Waals surface area contributed by atoms with Crippen molar-refractivity contribution in [2.24, 2.45) is 0 Å². The molecule has 19 heteroatoms. The van der Waals surface area contributed by atoms with Gasteiger partial charge in [0.25, 0.3) is 0 Å². The maximum Gasteiger partial charge on any atom is 0.167 e. The highest BCUT2D eigenvalue weighted by Gasteiger charge is 2.03. The molecule has 22 aromatic rings. The number of fused-ring (bicyclic) bond motifs is 10. The summed E-state index contributed by atoms with van der Waals surface area (Å²) in [5, 5.41) is 24.6. The van der Waals surface area contributed by atoms with Gasteiger partial charge in [-0.25, -0.2) is 24.5 Å². The molecule has 0 fully saturated rings. The van der Waals surface area contributed by atoms with Gasteiger partial charge in [-0.05, 0) is 232 Å². The molecule has 0 aliphatic heterocycles. The molecule has 118 heavy (non-hydrogen) atoms. The number of benzene rings is 5.